The minimum Gasteiger partial charge on any atom is -0.508 e. The van der Waals surface area contributed by atoms with Crippen molar-refractivity contribution in [2.24, 2.45) is 79.3 Å². The highest BCUT2D eigenvalue weighted by Crippen LogP contribution is 2.83. The zero-order valence-electron chi connectivity index (χ0n) is 47.7. The van der Waals surface area contributed by atoms with Gasteiger partial charge < -0.3 is 60.2 Å². The molecule has 8 fully saturated rings. The smallest absolute Gasteiger partial charge is 0.234 e. The average Bonchev–Trinajstić information content (AvgIpc) is 1.74. The molecule has 81 heavy (non-hydrogen) atoms. The standard InChI is InChI=1S/C64H87N3O12S2/c1-35(2)36(3)51-53(79-51)61(77)18-7-17-57-29-44-43-27-49(73)60(30-45(70)52(74)58(56(44,60)4)19-13-38(28-58)31-66-23-22-65-50(66)12-11-48(57)72)55(76)81-80-33-40-9-5-8-39(32-68)64(40)54(75)67(34-59(64)16-6-10-47(59)71)41-24-37(25-42(69)26-41)14-20-62(57)46(61)15-21-63(43,62)78/h7,17,22-27,35-36,38-40,44-48,51-53,55,68-72,74,76-78H,5-6,8-16,18-21,28-34H2,1-4H3/t36-,38+,39+,40+,44+,45-,46-,47-,48+,51+,52-,53-,55+,56+,57-,58-,59+,60+,61-,62+,63-,64+/m1/s1. The molecular formula is C64H87N3O12S2. The first-order valence-corrected chi connectivity index (χ1v) is 33.5. The Balaban J connectivity index is 1.04. The Kier molecular flexibility index (Phi) is 13.0. The summed E-state index contributed by atoms with van der Waals surface area (Å²) in [6, 6.07) is 5.27. The molecule has 6 saturated carbocycles. The lowest BCUT2D eigenvalue weighted by Gasteiger charge is -2.74. The van der Waals surface area contributed by atoms with Crippen LogP contribution in [0.2, 0.25) is 0 Å². The number of ketones is 1. The Hall–Kier alpha value is -2.81. The minimum atomic E-state index is -1.88. The molecule has 16 rings (SSSR count). The van der Waals surface area contributed by atoms with Gasteiger partial charge in [-0.3, -0.25) is 9.59 Å². The number of anilines is 1. The number of epoxide rings is 1. The SMILES string of the molecule is CC(C)[C@@H](C)[C@@H]1O[C@H]1[C@@]1(O)CC=C[C@@]23C[C@H]4C5=CC(=O)[C@@]6(C[C@@H](O)[C@@H](O)[C@]7(CC[C@H](Cn8ccnc8CC[C@@H]2O)C7)[C@]46C)[C@@H](O)SSC[C@@H]2CCC[C@@H](CO)[C@@]24C(=O)N(C[C@]42CCC[C@H]2O)c2cc(O)cc(c2)CC[C@]32[C@@H]1CC[C@@]52O. The molecule has 17 heteroatoms. The second-order valence-electron chi connectivity index (χ2n) is 29.0. The molecule has 12 bridgehead atoms. The van der Waals surface area contributed by atoms with E-state index in [9.17, 15) is 40.9 Å². The molecule has 1 amide bonds. The Bertz CT molecular complexity index is 2960. The highest BCUT2D eigenvalue weighted by molar-refractivity contribution is 8.76. The number of phenolic OH excluding ortho intramolecular Hbond substituents is 1. The number of aryl methyl sites for hydroxylation is 2. The van der Waals surface area contributed by atoms with Crippen molar-refractivity contribution in [3.8, 4) is 5.75 Å². The van der Waals surface area contributed by atoms with E-state index in [4.69, 9.17) is 9.72 Å². The van der Waals surface area contributed by atoms with Crippen molar-refractivity contribution in [1.82, 2.24) is 9.55 Å². The number of amides is 1. The molecule has 14 aliphatic rings. The number of carbonyl (C=O) groups excluding carboxylic acids is 2. The molecule has 9 N–H and O–H groups in total. The number of benzene rings is 1. The van der Waals surface area contributed by atoms with Crippen LogP contribution in [0.25, 0.3) is 0 Å². The van der Waals surface area contributed by atoms with Crippen LogP contribution in [-0.4, -0.2) is 139 Å². The number of aromatic nitrogens is 2. The largest absolute Gasteiger partial charge is 0.508 e. The van der Waals surface area contributed by atoms with Crippen LogP contribution in [0, 0.1) is 79.3 Å². The summed E-state index contributed by atoms with van der Waals surface area (Å²) < 4.78 is 8.84. The maximum Gasteiger partial charge on any atom is 0.234 e. The van der Waals surface area contributed by atoms with Gasteiger partial charge >= 0.3 is 0 Å². The molecule has 7 heterocycles. The second-order valence-corrected chi connectivity index (χ2v) is 31.5. The zero-order chi connectivity index (χ0) is 56.8. The molecule has 15 nitrogen and oxygen atoms in total. The molecular weight excluding hydrogens is 1070 g/mol. The fraction of sp³-hybridized carbons (Fsp3) is 0.766. The first kappa shape index (κ1) is 56.0. The molecule has 6 spiro atoms. The number of phenols is 1. The van der Waals surface area contributed by atoms with Gasteiger partial charge in [0.05, 0.1) is 47.0 Å². The summed E-state index contributed by atoms with van der Waals surface area (Å²) in [6.07, 6.45) is 10.8. The molecule has 6 aliphatic heterocycles. The van der Waals surface area contributed by atoms with Crippen molar-refractivity contribution in [3.05, 3.63) is 65.8 Å². The van der Waals surface area contributed by atoms with Crippen molar-refractivity contribution in [2.45, 2.75) is 203 Å². The van der Waals surface area contributed by atoms with Gasteiger partial charge in [0.15, 0.2) is 5.78 Å². The second kappa shape index (κ2) is 18.8. The van der Waals surface area contributed by atoms with E-state index in [1.54, 1.807) is 29.3 Å². The molecule has 442 valence electrons. The van der Waals surface area contributed by atoms with Crippen LogP contribution in [0.5, 0.6) is 5.75 Å². The summed E-state index contributed by atoms with van der Waals surface area (Å²) in [5, 5.41) is 119. The first-order valence-electron chi connectivity index (χ1n) is 31.1. The number of hydrogen-bond acceptors (Lipinski definition) is 15. The number of fused-ring (bicyclic) bond motifs is 3. The maximum atomic E-state index is 16.6. The molecule has 2 saturated heterocycles. The van der Waals surface area contributed by atoms with Crippen molar-refractivity contribution >= 4 is 39.0 Å². The summed E-state index contributed by atoms with van der Waals surface area (Å²) in [6.45, 7) is 9.03. The van der Waals surface area contributed by atoms with Gasteiger partial charge in [0, 0.05) is 83.6 Å². The lowest BCUT2D eigenvalue weighted by atomic mass is 9.31. The van der Waals surface area contributed by atoms with Crippen molar-refractivity contribution in [1.29, 1.82) is 0 Å². The number of hydrogen-bond donors (Lipinski definition) is 9. The van der Waals surface area contributed by atoms with Crippen molar-refractivity contribution in [2.75, 3.05) is 23.8 Å². The van der Waals surface area contributed by atoms with E-state index in [0.717, 1.165) is 12.2 Å². The van der Waals surface area contributed by atoms with E-state index < -0.39 is 109 Å². The van der Waals surface area contributed by atoms with Gasteiger partial charge in [-0.15, -0.1) is 0 Å². The predicted octanol–water partition coefficient (Wildman–Crippen LogP) is 6.81. The molecule has 2 aromatic rings. The molecule has 0 radical (unpaired) electrons. The van der Waals surface area contributed by atoms with Gasteiger partial charge in [-0.1, -0.05) is 74.3 Å². The Labute approximate surface area is 484 Å². The highest BCUT2D eigenvalue weighted by Gasteiger charge is 2.85. The lowest BCUT2D eigenvalue weighted by Crippen LogP contribution is -2.77. The number of ether oxygens (including phenoxy) is 1. The number of imidazole rings is 1. The quantitative estimate of drug-likeness (QED) is 0.0867. The van der Waals surface area contributed by atoms with Gasteiger partial charge in [-0.2, -0.15) is 0 Å². The van der Waals surface area contributed by atoms with E-state index in [1.807, 2.05) is 18.3 Å². The summed E-state index contributed by atoms with van der Waals surface area (Å²) in [5.74, 6) is -1.46. The highest BCUT2D eigenvalue weighted by atomic mass is 33.1. The van der Waals surface area contributed by atoms with Crippen LogP contribution in [0.3, 0.4) is 0 Å². The zero-order valence-corrected chi connectivity index (χ0v) is 49.3. The topological polar surface area (TPSA) is 250 Å². The Morgan fingerprint density at radius 3 is 2.46 bits per heavy atom. The molecule has 1 aromatic heterocycles. The lowest BCUT2D eigenvalue weighted by molar-refractivity contribution is -0.279. The van der Waals surface area contributed by atoms with E-state index in [-0.39, 0.29) is 99.5 Å². The normalized spacial score (nSPS) is 50.2. The van der Waals surface area contributed by atoms with Gasteiger partial charge in [0.2, 0.25) is 5.91 Å². The third-order valence-corrected chi connectivity index (χ3v) is 29.2. The van der Waals surface area contributed by atoms with Gasteiger partial charge in [-0.05, 0) is 167 Å². The van der Waals surface area contributed by atoms with E-state index in [1.165, 1.54) is 21.6 Å². The number of carbonyl (C=O) groups is 2. The van der Waals surface area contributed by atoms with Gasteiger partial charge in [-0.25, -0.2) is 4.98 Å². The van der Waals surface area contributed by atoms with Gasteiger partial charge in [0.25, 0.3) is 0 Å². The van der Waals surface area contributed by atoms with Crippen LogP contribution in [0.1, 0.15) is 142 Å². The van der Waals surface area contributed by atoms with Crippen LogP contribution in [0.4, 0.5) is 5.69 Å². The molecule has 1 aromatic carbocycles. The van der Waals surface area contributed by atoms with E-state index in [2.05, 4.69) is 38.3 Å². The third-order valence-electron chi connectivity index (χ3n) is 26.5. The van der Waals surface area contributed by atoms with Crippen molar-refractivity contribution < 1.29 is 60.3 Å². The number of aliphatic hydroxyl groups excluding tert-OH is 6. The van der Waals surface area contributed by atoms with E-state index >= 15 is 14.7 Å². The maximum absolute atomic E-state index is 16.6. The van der Waals surface area contributed by atoms with Gasteiger partial charge in [0.1, 0.15) is 28.7 Å². The van der Waals surface area contributed by atoms with Crippen molar-refractivity contribution in [3.63, 3.8) is 0 Å². The van der Waals surface area contributed by atoms with Crippen LogP contribution >= 0.6 is 21.6 Å². The fourth-order valence-corrected chi connectivity index (χ4v) is 25.8. The first-order chi connectivity index (χ1) is 38.6. The van der Waals surface area contributed by atoms with Crippen LogP contribution in [-0.2, 0) is 33.7 Å². The van der Waals surface area contributed by atoms with Crippen LogP contribution in [0.15, 0.2) is 54.4 Å². The molecule has 22 atom stereocenters. The minimum absolute atomic E-state index is 0.0183. The number of nitrogens with zero attached hydrogens (tertiary/aromatic N) is 3. The number of rotatable bonds is 4. The summed E-state index contributed by atoms with van der Waals surface area (Å²) in [4.78, 5) is 39.5. The number of allylic oxidation sites excluding steroid dienone is 1. The fourth-order valence-electron chi connectivity index (χ4n) is 22.7. The average molecular weight is 1150 g/mol. The predicted molar refractivity (Wildman–Crippen MR) is 306 cm³/mol. The molecule has 8 aliphatic carbocycles. The van der Waals surface area contributed by atoms with Crippen LogP contribution < -0.4 is 4.90 Å². The Morgan fingerprint density at radius 2 is 1.69 bits per heavy atom. The van der Waals surface area contributed by atoms with E-state index in [0.29, 0.717) is 93.3 Å². The number of aliphatic hydroxyl groups is 8. The summed E-state index contributed by atoms with van der Waals surface area (Å²) >= 11 is 0. The third kappa shape index (κ3) is 6.86. The summed E-state index contributed by atoms with van der Waals surface area (Å²) in [5.41, 5.74) is -12.4. The number of aromatic hydroxyl groups is 1. The Morgan fingerprint density at radius 1 is 0.877 bits per heavy atom. The monoisotopic (exact) mass is 1150 g/mol. The summed E-state index contributed by atoms with van der Waals surface area (Å²) in [7, 11) is 2.57. The molecule has 0 unspecified atom stereocenters.